The summed E-state index contributed by atoms with van der Waals surface area (Å²) < 4.78 is 5.27. The minimum Gasteiger partial charge on any atom is -0.481 e. The molecule has 1 amide bonds. The Kier molecular flexibility index (Phi) is 5.27. The number of hydrogen-bond donors (Lipinski definition) is 1. The van der Waals surface area contributed by atoms with Crippen molar-refractivity contribution in [3.63, 3.8) is 0 Å². The first kappa shape index (κ1) is 16.6. The molecule has 0 aromatic carbocycles. The second-order valence-corrected chi connectivity index (χ2v) is 6.29. The highest BCUT2D eigenvalue weighted by Crippen LogP contribution is 2.30. The fourth-order valence-corrected chi connectivity index (χ4v) is 3.34. The third kappa shape index (κ3) is 3.51. The Hall–Kier alpha value is -1.78. The summed E-state index contributed by atoms with van der Waals surface area (Å²) in [6.07, 6.45) is 6.76. The van der Waals surface area contributed by atoms with Crippen molar-refractivity contribution in [1.29, 1.82) is 0 Å². The van der Waals surface area contributed by atoms with Gasteiger partial charge in [0.1, 0.15) is 12.2 Å². The standard InChI is InChI=1S/C17H25NO4/c1-4-12-5-7-13(8-6-12)18(3)17(21)16-11(2)10-22-14(16)9-15(19)20/h10,12-13H,4-9H2,1-3H3,(H,19,20). The van der Waals surface area contributed by atoms with Gasteiger partial charge in [-0.15, -0.1) is 0 Å². The zero-order chi connectivity index (χ0) is 16.3. The van der Waals surface area contributed by atoms with Crippen molar-refractivity contribution in [2.24, 2.45) is 5.92 Å². The van der Waals surface area contributed by atoms with Crippen molar-refractivity contribution < 1.29 is 19.1 Å². The SMILES string of the molecule is CCC1CCC(N(C)C(=O)c2c(C)coc2CC(=O)O)CC1. The molecular weight excluding hydrogens is 282 g/mol. The van der Waals surface area contributed by atoms with Crippen LogP contribution in [0.1, 0.15) is 60.7 Å². The summed E-state index contributed by atoms with van der Waals surface area (Å²) in [5.41, 5.74) is 1.12. The Labute approximate surface area is 131 Å². The minimum absolute atomic E-state index is 0.123. The van der Waals surface area contributed by atoms with Crippen LogP contribution in [0.5, 0.6) is 0 Å². The molecule has 1 saturated carbocycles. The molecule has 5 heteroatoms. The molecule has 2 rings (SSSR count). The first-order valence-electron chi connectivity index (χ1n) is 7.99. The lowest BCUT2D eigenvalue weighted by atomic mass is 9.84. The number of nitrogens with zero attached hydrogens (tertiary/aromatic N) is 1. The number of hydrogen-bond acceptors (Lipinski definition) is 3. The van der Waals surface area contributed by atoms with Crippen LogP contribution in [-0.2, 0) is 11.2 Å². The Balaban J connectivity index is 2.11. The number of aliphatic carboxylic acids is 1. The average molecular weight is 307 g/mol. The zero-order valence-corrected chi connectivity index (χ0v) is 13.6. The molecule has 0 atom stereocenters. The summed E-state index contributed by atoms with van der Waals surface area (Å²) in [5, 5.41) is 8.94. The van der Waals surface area contributed by atoms with Crippen LogP contribution < -0.4 is 0 Å². The molecule has 1 aliphatic rings. The monoisotopic (exact) mass is 307 g/mol. The largest absolute Gasteiger partial charge is 0.481 e. The van der Waals surface area contributed by atoms with Gasteiger partial charge in [-0.05, 0) is 38.5 Å². The second kappa shape index (κ2) is 6.99. The van der Waals surface area contributed by atoms with Crippen LogP contribution in [0.25, 0.3) is 0 Å². The number of carboxylic acid groups (broad SMARTS) is 1. The van der Waals surface area contributed by atoms with E-state index in [4.69, 9.17) is 9.52 Å². The number of rotatable bonds is 5. The lowest BCUT2D eigenvalue weighted by molar-refractivity contribution is -0.136. The summed E-state index contributed by atoms with van der Waals surface area (Å²) in [5.74, 6) is -0.0842. The highest BCUT2D eigenvalue weighted by atomic mass is 16.4. The number of carboxylic acids is 1. The van der Waals surface area contributed by atoms with Crippen LogP contribution in [0, 0.1) is 12.8 Å². The van der Waals surface area contributed by atoms with Crippen molar-refractivity contribution in [3.8, 4) is 0 Å². The van der Waals surface area contributed by atoms with Crippen molar-refractivity contribution in [2.75, 3.05) is 7.05 Å². The number of carbonyl (C=O) groups excluding carboxylic acids is 1. The van der Waals surface area contributed by atoms with Crippen molar-refractivity contribution in [1.82, 2.24) is 4.90 Å². The minimum atomic E-state index is -0.991. The number of furan rings is 1. The molecule has 0 radical (unpaired) electrons. The van der Waals surface area contributed by atoms with Crippen LogP contribution >= 0.6 is 0 Å². The summed E-state index contributed by atoms with van der Waals surface area (Å²) >= 11 is 0. The van der Waals surface area contributed by atoms with Gasteiger partial charge in [0.15, 0.2) is 0 Å². The topological polar surface area (TPSA) is 70.8 Å². The predicted octanol–water partition coefficient (Wildman–Crippen LogP) is 3.26. The van der Waals surface area contributed by atoms with Crippen molar-refractivity contribution >= 4 is 11.9 Å². The molecule has 22 heavy (non-hydrogen) atoms. The molecular formula is C17H25NO4. The van der Waals surface area contributed by atoms with E-state index in [0.29, 0.717) is 11.1 Å². The fourth-order valence-electron chi connectivity index (χ4n) is 3.34. The molecule has 1 N–H and O–H groups in total. The fraction of sp³-hybridized carbons (Fsp3) is 0.647. The molecule has 1 aromatic heterocycles. The highest BCUT2D eigenvalue weighted by Gasteiger charge is 2.29. The summed E-state index contributed by atoms with van der Waals surface area (Å²) in [7, 11) is 1.82. The van der Waals surface area contributed by atoms with Crippen LogP contribution in [-0.4, -0.2) is 35.0 Å². The molecule has 1 aromatic rings. The maximum absolute atomic E-state index is 12.8. The molecule has 1 heterocycles. The second-order valence-electron chi connectivity index (χ2n) is 6.29. The first-order chi connectivity index (χ1) is 10.4. The van der Waals surface area contributed by atoms with Crippen molar-refractivity contribution in [2.45, 2.75) is 58.4 Å². The van der Waals surface area contributed by atoms with Gasteiger partial charge in [-0.3, -0.25) is 9.59 Å². The third-order valence-electron chi connectivity index (χ3n) is 4.84. The number of amides is 1. The zero-order valence-electron chi connectivity index (χ0n) is 13.6. The van der Waals surface area contributed by atoms with Gasteiger partial charge in [0.2, 0.25) is 0 Å². The van der Waals surface area contributed by atoms with Gasteiger partial charge >= 0.3 is 5.97 Å². The normalized spacial score (nSPS) is 21.6. The van der Waals surface area contributed by atoms with Gasteiger partial charge in [0.05, 0.1) is 11.8 Å². The van der Waals surface area contributed by atoms with E-state index in [1.165, 1.54) is 12.7 Å². The van der Waals surface area contributed by atoms with Crippen molar-refractivity contribution in [3.05, 3.63) is 23.2 Å². The van der Waals surface area contributed by atoms with Crippen LogP contribution in [0.2, 0.25) is 0 Å². The van der Waals surface area contributed by atoms with E-state index < -0.39 is 5.97 Å². The molecule has 0 spiro atoms. The number of carbonyl (C=O) groups is 2. The maximum Gasteiger partial charge on any atom is 0.311 e. The van der Waals surface area contributed by atoms with Gasteiger partial charge in [-0.1, -0.05) is 13.3 Å². The Morgan fingerprint density at radius 1 is 1.32 bits per heavy atom. The van der Waals surface area contributed by atoms with Gasteiger partial charge < -0.3 is 14.4 Å². The maximum atomic E-state index is 12.8. The van der Waals surface area contributed by atoms with E-state index in [0.717, 1.165) is 31.6 Å². The van der Waals surface area contributed by atoms with Gasteiger partial charge in [-0.2, -0.15) is 0 Å². The first-order valence-corrected chi connectivity index (χ1v) is 7.99. The number of aryl methyl sites for hydroxylation is 1. The van der Waals surface area contributed by atoms with Crippen LogP contribution in [0.4, 0.5) is 0 Å². The lowest BCUT2D eigenvalue weighted by Crippen LogP contribution is -2.40. The molecule has 0 aliphatic heterocycles. The summed E-state index contributed by atoms with van der Waals surface area (Å²) in [6.45, 7) is 4.00. The predicted molar refractivity (Wildman–Crippen MR) is 82.9 cm³/mol. The average Bonchev–Trinajstić information content (AvgIpc) is 2.86. The molecule has 0 unspecified atom stereocenters. The molecule has 1 aliphatic carbocycles. The van der Waals surface area contributed by atoms with E-state index in [-0.39, 0.29) is 24.1 Å². The third-order valence-corrected chi connectivity index (χ3v) is 4.84. The quantitative estimate of drug-likeness (QED) is 0.906. The highest BCUT2D eigenvalue weighted by molar-refractivity contribution is 5.97. The smallest absolute Gasteiger partial charge is 0.311 e. The molecule has 0 saturated heterocycles. The molecule has 1 fully saturated rings. The van der Waals surface area contributed by atoms with Gasteiger partial charge in [-0.25, -0.2) is 0 Å². The van der Waals surface area contributed by atoms with E-state index in [1.54, 1.807) is 11.8 Å². The van der Waals surface area contributed by atoms with Crippen LogP contribution in [0.15, 0.2) is 10.7 Å². The van der Waals surface area contributed by atoms with Crippen LogP contribution in [0.3, 0.4) is 0 Å². The van der Waals surface area contributed by atoms with Gasteiger partial charge in [0.25, 0.3) is 5.91 Å². The summed E-state index contributed by atoms with van der Waals surface area (Å²) in [6, 6.07) is 0.238. The summed E-state index contributed by atoms with van der Waals surface area (Å²) in [4.78, 5) is 25.4. The Morgan fingerprint density at radius 3 is 2.50 bits per heavy atom. The molecule has 122 valence electrons. The molecule has 0 bridgehead atoms. The van der Waals surface area contributed by atoms with Gasteiger partial charge in [0, 0.05) is 18.7 Å². The molecule has 5 nitrogen and oxygen atoms in total. The van der Waals surface area contributed by atoms with E-state index >= 15 is 0 Å². The van der Waals surface area contributed by atoms with E-state index in [9.17, 15) is 9.59 Å². The Morgan fingerprint density at radius 2 is 1.95 bits per heavy atom. The van der Waals surface area contributed by atoms with E-state index in [2.05, 4.69) is 6.92 Å². The van der Waals surface area contributed by atoms with E-state index in [1.807, 2.05) is 7.05 Å². The Bertz CT molecular complexity index is 541. The lowest BCUT2D eigenvalue weighted by Gasteiger charge is -2.34.